The SMILES string of the molecule is CC(C)c1ccc(SCC(=O)NCc2nc(C(=O)O)cs2)cc1. The number of nitrogens with one attached hydrogen (secondary N) is 1. The monoisotopic (exact) mass is 350 g/mol. The van der Waals surface area contributed by atoms with Crippen LogP contribution in [-0.2, 0) is 11.3 Å². The third-order valence-corrected chi connectivity index (χ3v) is 4.99. The summed E-state index contributed by atoms with van der Waals surface area (Å²) in [6.45, 7) is 4.54. The van der Waals surface area contributed by atoms with Gasteiger partial charge in [-0.15, -0.1) is 23.1 Å². The molecular weight excluding hydrogens is 332 g/mol. The molecule has 5 nitrogen and oxygen atoms in total. The summed E-state index contributed by atoms with van der Waals surface area (Å²) in [5.41, 5.74) is 1.29. The largest absolute Gasteiger partial charge is 0.476 e. The molecule has 0 aliphatic rings. The molecule has 1 amide bonds. The average Bonchev–Trinajstić information content (AvgIpc) is 3.00. The number of hydrogen-bond donors (Lipinski definition) is 2. The maximum atomic E-state index is 11.8. The smallest absolute Gasteiger partial charge is 0.355 e. The van der Waals surface area contributed by atoms with Gasteiger partial charge in [-0.05, 0) is 23.6 Å². The second-order valence-corrected chi connectivity index (χ2v) is 7.21. The van der Waals surface area contributed by atoms with Crippen molar-refractivity contribution in [3.63, 3.8) is 0 Å². The zero-order valence-electron chi connectivity index (χ0n) is 12.9. The van der Waals surface area contributed by atoms with Crippen LogP contribution in [0.3, 0.4) is 0 Å². The van der Waals surface area contributed by atoms with Crippen LogP contribution in [0.25, 0.3) is 0 Å². The molecule has 7 heteroatoms. The molecular formula is C16H18N2O3S2. The van der Waals surface area contributed by atoms with Gasteiger partial charge in [0.15, 0.2) is 5.69 Å². The van der Waals surface area contributed by atoms with Gasteiger partial charge in [0.05, 0.1) is 12.3 Å². The number of hydrogen-bond acceptors (Lipinski definition) is 5. The summed E-state index contributed by atoms with van der Waals surface area (Å²) in [4.78, 5) is 27.5. The van der Waals surface area contributed by atoms with Crippen molar-refractivity contribution in [2.45, 2.75) is 31.2 Å². The van der Waals surface area contributed by atoms with Gasteiger partial charge in [-0.25, -0.2) is 9.78 Å². The van der Waals surface area contributed by atoms with Gasteiger partial charge in [-0.1, -0.05) is 26.0 Å². The Bertz CT molecular complexity index is 681. The molecule has 23 heavy (non-hydrogen) atoms. The quantitative estimate of drug-likeness (QED) is 0.749. The summed E-state index contributed by atoms with van der Waals surface area (Å²) in [6, 6.07) is 8.20. The van der Waals surface area contributed by atoms with Gasteiger partial charge in [0.1, 0.15) is 5.01 Å². The van der Waals surface area contributed by atoms with Crippen molar-refractivity contribution in [2.24, 2.45) is 0 Å². The molecule has 0 atom stereocenters. The molecule has 0 fully saturated rings. The Kier molecular flexibility index (Phi) is 6.18. The molecule has 0 bridgehead atoms. The molecule has 0 saturated carbocycles. The van der Waals surface area contributed by atoms with E-state index in [0.29, 0.717) is 16.7 Å². The lowest BCUT2D eigenvalue weighted by Crippen LogP contribution is -2.24. The lowest BCUT2D eigenvalue weighted by molar-refractivity contribution is -0.118. The van der Waals surface area contributed by atoms with E-state index in [-0.39, 0.29) is 18.1 Å². The number of rotatable bonds is 7. The van der Waals surface area contributed by atoms with Gasteiger partial charge in [-0.3, -0.25) is 4.79 Å². The Labute approximate surface area is 143 Å². The second-order valence-electron chi connectivity index (χ2n) is 5.22. The van der Waals surface area contributed by atoms with Gasteiger partial charge in [-0.2, -0.15) is 0 Å². The summed E-state index contributed by atoms with van der Waals surface area (Å²) < 4.78 is 0. The van der Waals surface area contributed by atoms with E-state index in [9.17, 15) is 9.59 Å². The number of aromatic nitrogens is 1. The summed E-state index contributed by atoms with van der Waals surface area (Å²) in [6.07, 6.45) is 0. The van der Waals surface area contributed by atoms with Crippen molar-refractivity contribution < 1.29 is 14.7 Å². The third kappa shape index (κ3) is 5.37. The van der Waals surface area contributed by atoms with Crippen molar-refractivity contribution in [1.82, 2.24) is 10.3 Å². The van der Waals surface area contributed by atoms with E-state index < -0.39 is 5.97 Å². The number of thioether (sulfide) groups is 1. The van der Waals surface area contributed by atoms with Gasteiger partial charge < -0.3 is 10.4 Å². The number of nitrogens with zero attached hydrogens (tertiary/aromatic N) is 1. The van der Waals surface area contributed by atoms with E-state index >= 15 is 0 Å². The first-order valence-electron chi connectivity index (χ1n) is 7.13. The Balaban J connectivity index is 1.77. The van der Waals surface area contributed by atoms with E-state index in [0.717, 1.165) is 4.90 Å². The highest BCUT2D eigenvalue weighted by Crippen LogP contribution is 2.21. The molecule has 1 aromatic carbocycles. The third-order valence-electron chi connectivity index (χ3n) is 3.12. The van der Waals surface area contributed by atoms with E-state index in [1.54, 1.807) is 0 Å². The van der Waals surface area contributed by atoms with E-state index in [1.807, 2.05) is 12.1 Å². The van der Waals surface area contributed by atoms with Crippen LogP contribution in [0.5, 0.6) is 0 Å². The molecule has 122 valence electrons. The Morgan fingerprint density at radius 2 is 2.00 bits per heavy atom. The molecule has 1 aromatic heterocycles. The van der Waals surface area contributed by atoms with Crippen LogP contribution in [0.1, 0.15) is 40.8 Å². The number of carbonyl (C=O) groups excluding carboxylic acids is 1. The number of carboxylic acid groups (broad SMARTS) is 1. The Hall–Kier alpha value is -1.86. The van der Waals surface area contributed by atoms with Crippen molar-refractivity contribution >= 4 is 35.0 Å². The minimum Gasteiger partial charge on any atom is -0.476 e. The maximum absolute atomic E-state index is 11.8. The Morgan fingerprint density at radius 1 is 1.30 bits per heavy atom. The highest BCUT2D eigenvalue weighted by molar-refractivity contribution is 8.00. The lowest BCUT2D eigenvalue weighted by Gasteiger charge is -2.07. The number of amides is 1. The van der Waals surface area contributed by atoms with Crippen molar-refractivity contribution in [3.05, 3.63) is 45.9 Å². The molecule has 0 aliphatic carbocycles. The minimum atomic E-state index is -1.06. The van der Waals surface area contributed by atoms with Crippen LogP contribution in [-0.4, -0.2) is 27.7 Å². The molecule has 1 heterocycles. The molecule has 2 N–H and O–H groups in total. The number of benzene rings is 1. The fraction of sp³-hybridized carbons (Fsp3) is 0.312. The Morgan fingerprint density at radius 3 is 2.57 bits per heavy atom. The van der Waals surface area contributed by atoms with Gasteiger partial charge in [0, 0.05) is 10.3 Å². The number of aromatic carboxylic acids is 1. The fourth-order valence-electron chi connectivity index (χ4n) is 1.81. The highest BCUT2D eigenvalue weighted by atomic mass is 32.2. The van der Waals surface area contributed by atoms with Crippen molar-refractivity contribution in [2.75, 3.05) is 5.75 Å². The molecule has 2 rings (SSSR count). The van der Waals surface area contributed by atoms with Crippen molar-refractivity contribution in [1.29, 1.82) is 0 Å². The zero-order chi connectivity index (χ0) is 16.8. The first kappa shape index (κ1) is 17.5. The second kappa shape index (κ2) is 8.12. The minimum absolute atomic E-state index is 0.0128. The molecule has 0 radical (unpaired) electrons. The molecule has 0 spiro atoms. The molecule has 0 aliphatic heterocycles. The van der Waals surface area contributed by atoms with Crippen LogP contribution in [0.15, 0.2) is 34.5 Å². The van der Waals surface area contributed by atoms with E-state index in [4.69, 9.17) is 5.11 Å². The predicted molar refractivity (Wildman–Crippen MR) is 92.2 cm³/mol. The maximum Gasteiger partial charge on any atom is 0.355 e. The number of carboxylic acids is 1. The molecule has 0 saturated heterocycles. The number of thiazole rings is 1. The van der Waals surface area contributed by atoms with Crippen LogP contribution in [0, 0.1) is 0 Å². The highest BCUT2D eigenvalue weighted by Gasteiger charge is 2.10. The fourth-order valence-corrected chi connectivity index (χ4v) is 3.25. The summed E-state index contributed by atoms with van der Waals surface area (Å²) in [5, 5.41) is 13.6. The summed E-state index contributed by atoms with van der Waals surface area (Å²) in [7, 11) is 0. The van der Waals surface area contributed by atoms with E-state index in [2.05, 4.69) is 36.3 Å². The lowest BCUT2D eigenvalue weighted by atomic mass is 10.0. The van der Waals surface area contributed by atoms with Gasteiger partial charge >= 0.3 is 5.97 Å². The molecule has 0 unspecified atom stereocenters. The number of carbonyl (C=O) groups is 2. The normalized spacial score (nSPS) is 10.7. The first-order chi connectivity index (χ1) is 11.0. The predicted octanol–water partition coefficient (Wildman–Crippen LogP) is 3.37. The van der Waals surface area contributed by atoms with Crippen LogP contribution in [0.2, 0.25) is 0 Å². The van der Waals surface area contributed by atoms with Crippen LogP contribution < -0.4 is 5.32 Å². The van der Waals surface area contributed by atoms with Crippen LogP contribution >= 0.6 is 23.1 Å². The standard InChI is InChI=1S/C16H18N2O3S2/c1-10(2)11-3-5-12(6-4-11)22-9-14(19)17-7-15-18-13(8-23-15)16(20)21/h3-6,8,10H,7,9H2,1-2H3,(H,17,19)(H,20,21). The van der Waals surface area contributed by atoms with Gasteiger partial charge in [0.25, 0.3) is 0 Å². The van der Waals surface area contributed by atoms with E-state index in [1.165, 1.54) is 34.0 Å². The van der Waals surface area contributed by atoms with Crippen molar-refractivity contribution in [3.8, 4) is 0 Å². The first-order valence-corrected chi connectivity index (χ1v) is 8.99. The topological polar surface area (TPSA) is 79.3 Å². The van der Waals surface area contributed by atoms with Crippen LogP contribution in [0.4, 0.5) is 0 Å². The summed E-state index contributed by atoms with van der Waals surface area (Å²) in [5.74, 6) is -0.348. The van der Waals surface area contributed by atoms with Gasteiger partial charge in [0.2, 0.25) is 5.91 Å². The average molecular weight is 350 g/mol. The molecule has 2 aromatic rings. The zero-order valence-corrected chi connectivity index (χ0v) is 14.5. The summed E-state index contributed by atoms with van der Waals surface area (Å²) >= 11 is 2.70.